The van der Waals surface area contributed by atoms with Crippen LogP contribution in [0.1, 0.15) is 13.3 Å². The van der Waals surface area contributed by atoms with Crippen LogP contribution >= 0.6 is 0 Å². The number of hydrogen-bond donors (Lipinski definition) is 4. The lowest BCUT2D eigenvalue weighted by Gasteiger charge is -2.15. The van der Waals surface area contributed by atoms with Crippen molar-refractivity contribution in [3.8, 4) is 0 Å². The zero-order chi connectivity index (χ0) is 13.0. The Kier molecular flexibility index (Phi) is 3.91. The van der Waals surface area contributed by atoms with Crippen LogP contribution in [0.5, 0.6) is 0 Å². The average Bonchev–Trinajstić information content (AvgIpc) is 2.38. The highest BCUT2D eigenvalue weighted by atomic mass is 16.3. The smallest absolute Gasteiger partial charge is 0.239 e. The average molecular weight is 247 g/mol. The van der Waals surface area contributed by atoms with Gasteiger partial charge in [0.25, 0.3) is 0 Å². The van der Waals surface area contributed by atoms with Gasteiger partial charge >= 0.3 is 0 Å². The second-order valence-corrected chi connectivity index (χ2v) is 4.11. The number of aliphatic hydroxyl groups is 1. The van der Waals surface area contributed by atoms with Crippen molar-refractivity contribution >= 4 is 22.7 Å². The first kappa shape index (κ1) is 12.5. The van der Waals surface area contributed by atoms with Crippen molar-refractivity contribution in [2.75, 3.05) is 17.3 Å². The van der Waals surface area contributed by atoms with E-state index in [1.54, 1.807) is 0 Å². The molecule has 0 saturated heterocycles. The largest absolute Gasteiger partial charge is 0.396 e. The molecule has 0 aliphatic heterocycles. The van der Waals surface area contributed by atoms with Gasteiger partial charge in [0.05, 0.1) is 5.52 Å². The third-order valence-corrected chi connectivity index (χ3v) is 2.68. The Labute approximate surface area is 105 Å². The molecule has 0 amide bonds. The van der Waals surface area contributed by atoms with E-state index in [0.29, 0.717) is 12.4 Å². The van der Waals surface area contributed by atoms with Crippen molar-refractivity contribution < 1.29 is 5.11 Å². The van der Waals surface area contributed by atoms with Gasteiger partial charge in [-0.15, -0.1) is 0 Å². The van der Waals surface area contributed by atoms with E-state index in [1.165, 1.54) is 0 Å². The second kappa shape index (κ2) is 5.61. The molecule has 1 aromatic carbocycles. The molecular weight excluding hydrogens is 230 g/mol. The molecule has 18 heavy (non-hydrogen) atoms. The lowest BCUT2D eigenvalue weighted by Crippen LogP contribution is -2.19. The standard InChI is InChI=1S/C12H17N5O/c1-8(6-7-18)14-11-9-4-2-3-5-10(9)15-12(16-11)17-13/h2-5,8,18H,6-7,13H2,1H3,(H2,14,15,16,17). The molecule has 6 heteroatoms. The predicted octanol–water partition coefficient (Wildman–Crippen LogP) is 1.10. The van der Waals surface area contributed by atoms with Gasteiger partial charge in [-0.3, -0.25) is 5.43 Å². The molecule has 0 radical (unpaired) electrons. The topological polar surface area (TPSA) is 96.1 Å². The number of nitrogens with one attached hydrogen (secondary N) is 2. The number of benzene rings is 1. The van der Waals surface area contributed by atoms with Crippen molar-refractivity contribution in [2.24, 2.45) is 5.84 Å². The van der Waals surface area contributed by atoms with Gasteiger partial charge in [0, 0.05) is 18.0 Å². The van der Waals surface area contributed by atoms with E-state index in [1.807, 2.05) is 31.2 Å². The molecule has 5 N–H and O–H groups in total. The minimum absolute atomic E-state index is 0.124. The Bertz CT molecular complexity index is 531. The fourth-order valence-electron chi connectivity index (χ4n) is 1.75. The van der Waals surface area contributed by atoms with Gasteiger partial charge in [0.15, 0.2) is 0 Å². The number of nitrogen functional groups attached to an aromatic ring is 1. The number of aliphatic hydroxyl groups excluding tert-OH is 1. The van der Waals surface area contributed by atoms with E-state index in [0.717, 1.165) is 16.7 Å². The summed E-state index contributed by atoms with van der Waals surface area (Å²) < 4.78 is 0. The van der Waals surface area contributed by atoms with Gasteiger partial charge in [-0.2, -0.15) is 4.98 Å². The fourth-order valence-corrected chi connectivity index (χ4v) is 1.75. The number of fused-ring (bicyclic) bond motifs is 1. The van der Waals surface area contributed by atoms with Gasteiger partial charge in [-0.25, -0.2) is 10.8 Å². The van der Waals surface area contributed by atoms with Crippen LogP contribution in [0.25, 0.3) is 10.9 Å². The number of aromatic nitrogens is 2. The normalized spacial score (nSPS) is 12.4. The number of nitrogens with zero attached hydrogens (tertiary/aromatic N) is 2. The van der Waals surface area contributed by atoms with Crippen LogP contribution in [-0.4, -0.2) is 27.7 Å². The summed E-state index contributed by atoms with van der Waals surface area (Å²) in [5.41, 5.74) is 3.27. The maximum absolute atomic E-state index is 8.92. The van der Waals surface area contributed by atoms with Crippen LogP contribution in [-0.2, 0) is 0 Å². The quantitative estimate of drug-likeness (QED) is 0.467. The van der Waals surface area contributed by atoms with Crippen molar-refractivity contribution in [3.05, 3.63) is 24.3 Å². The first-order chi connectivity index (χ1) is 8.74. The van der Waals surface area contributed by atoms with Gasteiger partial charge in [-0.05, 0) is 25.5 Å². The summed E-state index contributed by atoms with van der Waals surface area (Å²) in [4.78, 5) is 8.57. The molecule has 1 aromatic heterocycles. The van der Waals surface area contributed by atoms with E-state index < -0.39 is 0 Å². The lowest BCUT2D eigenvalue weighted by molar-refractivity contribution is 0.282. The number of para-hydroxylation sites is 1. The zero-order valence-electron chi connectivity index (χ0n) is 10.2. The van der Waals surface area contributed by atoms with Crippen molar-refractivity contribution in [2.45, 2.75) is 19.4 Å². The molecule has 0 bridgehead atoms. The number of hydrogen-bond acceptors (Lipinski definition) is 6. The maximum Gasteiger partial charge on any atom is 0.239 e. The first-order valence-electron chi connectivity index (χ1n) is 5.85. The number of hydrazine groups is 1. The zero-order valence-corrected chi connectivity index (χ0v) is 10.2. The minimum Gasteiger partial charge on any atom is -0.396 e. The Morgan fingerprint density at radius 2 is 2.11 bits per heavy atom. The van der Waals surface area contributed by atoms with Crippen molar-refractivity contribution in [1.82, 2.24) is 9.97 Å². The summed E-state index contributed by atoms with van der Waals surface area (Å²) in [5.74, 6) is 6.44. The molecule has 1 atom stereocenters. The van der Waals surface area contributed by atoms with Gasteiger partial charge in [0.1, 0.15) is 5.82 Å². The molecular formula is C12H17N5O. The second-order valence-electron chi connectivity index (χ2n) is 4.11. The summed E-state index contributed by atoms with van der Waals surface area (Å²) in [7, 11) is 0. The van der Waals surface area contributed by atoms with Crippen LogP contribution in [0.4, 0.5) is 11.8 Å². The summed E-state index contributed by atoms with van der Waals surface area (Å²) in [6.07, 6.45) is 0.656. The maximum atomic E-state index is 8.92. The Balaban J connectivity index is 2.40. The molecule has 0 fully saturated rings. The van der Waals surface area contributed by atoms with E-state index in [4.69, 9.17) is 10.9 Å². The van der Waals surface area contributed by atoms with E-state index in [2.05, 4.69) is 20.7 Å². The van der Waals surface area contributed by atoms with E-state index in [-0.39, 0.29) is 12.6 Å². The van der Waals surface area contributed by atoms with Gasteiger partial charge < -0.3 is 10.4 Å². The molecule has 0 aliphatic rings. The minimum atomic E-state index is 0.124. The third kappa shape index (κ3) is 2.66. The molecule has 1 unspecified atom stereocenters. The first-order valence-corrected chi connectivity index (χ1v) is 5.85. The van der Waals surface area contributed by atoms with Gasteiger partial charge in [-0.1, -0.05) is 12.1 Å². The molecule has 1 heterocycles. The monoisotopic (exact) mass is 247 g/mol. The molecule has 0 aliphatic carbocycles. The van der Waals surface area contributed by atoms with Crippen LogP contribution < -0.4 is 16.6 Å². The van der Waals surface area contributed by atoms with Crippen LogP contribution in [0, 0.1) is 0 Å². The summed E-state index contributed by atoms with van der Waals surface area (Å²) >= 11 is 0. The summed E-state index contributed by atoms with van der Waals surface area (Å²) in [6.45, 7) is 2.13. The van der Waals surface area contributed by atoms with Crippen molar-refractivity contribution in [1.29, 1.82) is 0 Å². The van der Waals surface area contributed by atoms with E-state index in [9.17, 15) is 0 Å². The molecule has 6 nitrogen and oxygen atoms in total. The highest BCUT2D eigenvalue weighted by Crippen LogP contribution is 2.22. The molecule has 2 rings (SSSR count). The highest BCUT2D eigenvalue weighted by Gasteiger charge is 2.09. The van der Waals surface area contributed by atoms with Crippen molar-refractivity contribution in [3.63, 3.8) is 0 Å². The number of anilines is 2. The molecule has 96 valence electrons. The third-order valence-electron chi connectivity index (χ3n) is 2.68. The molecule has 0 spiro atoms. The number of rotatable bonds is 5. The molecule has 2 aromatic rings. The summed E-state index contributed by atoms with van der Waals surface area (Å²) in [5, 5.41) is 13.1. The predicted molar refractivity (Wildman–Crippen MR) is 72.1 cm³/mol. The van der Waals surface area contributed by atoms with Crippen LogP contribution in [0.3, 0.4) is 0 Å². The van der Waals surface area contributed by atoms with Crippen LogP contribution in [0.2, 0.25) is 0 Å². The molecule has 0 saturated carbocycles. The Hall–Kier alpha value is -1.92. The Morgan fingerprint density at radius 3 is 2.83 bits per heavy atom. The lowest BCUT2D eigenvalue weighted by atomic mass is 10.2. The van der Waals surface area contributed by atoms with Crippen LogP contribution in [0.15, 0.2) is 24.3 Å². The highest BCUT2D eigenvalue weighted by molar-refractivity contribution is 5.90. The fraction of sp³-hybridized carbons (Fsp3) is 0.333. The van der Waals surface area contributed by atoms with Gasteiger partial charge in [0.2, 0.25) is 5.95 Å². The van der Waals surface area contributed by atoms with E-state index >= 15 is 0 Å². The SMILES string of the molecule is CC(CCO)Nc1nc(NN)nc2ccccc12. The summed E-state index contributed by atoms with van der Waals surface area (Å²) in [6, 6.07) is 7.82. The number of nitrogens with two attached hydrogens (primary N) is 1. The Morgan fingerprint density at radius 1 is 1.33 bits per heavy atom.